The second kappa shape index (κ2) is 6.40. The first-order chi connectivity index (χ1) is 12.6. The molecule has 1 aromatic carbocycles. The Morgan fingerprint density at radius 2 is 1.96 bits per heavy atom. The molecule has 1 amide bonds. The predicted molar refractivity (Wildman–Crippen MR) is 97.5 cm³/mol. The summed E-state index contributed by atoms with van der Waals surface area (Å²) in [5.41, 5.74) is 4.44. The zero-order valence-electron chi connectivity index (χ0n) is 14.0. The highest BCUT2D eigenvalue weighted by atomic mass is 19.1. The van der Waals surface area contributed by atoms with Crippen molar-refractivity contribution in [2.75, 3.05) is 5.32 Å². The average Bonchev–Trinajstić information content (AvgIpc) is 3.08. The zero-order chi connectivity index (χ0) is 18.1. The average molecular weight is 346 g/mol. The number of nitrogens with one attached hydrogen (secondary N) is 1. The molecule has 1 N–H and O–H groups in total. The smallest absolute Gasteiger partial charge is 0.274 e. The molecule has 3 heterocycles. The molecule has 0 fully saturated rings. The molecule has 0 spiro atoms. The lowest BCUT2D eigenvalue weighted by molar-refractivity contribution is 0.102. The molecule has 4 aromatic rings. The van der Waals surface area contributed by atoms with E-state index in [1.807, 2.05) is 48.0 Å². The summed E-state index contributed by atoms with van der Waals surface area (Å²) in [6.07, 6.45) is 5.19. The van der Waals surface area contributed by atoms with Gasteiger partial charge in [-0.3, -0.25) is 9.78 Å². The van der Waals surface area contributed by atoms with Crippen LogP contribution in [0.1, 0.15) is 16.1 Å². The summed E-state index contributed by atoms with van der Waals surface area (Å²) < 4.78 is 15.2. The molecule has 0 unspecified atom stereocenters. The molecule has 5 nitrogen and oxygen atoms in total. The molecule has 3 aromatic heterocycles. The van der Waals surface area contributed by atoms with Gasteiger partial charge in [-0.15, -0.1) is 0 Å². The van der Waals surface area contributed by atoms with E-state index in [9.17, 15) is 9.18 Å². The SMILES string of the molecule is Cc1cccn2cc(-c3ccc(NC(=O)c4cc(F)ccn4)cc3)nc12. The van der Waals surface area contributed by atoms with Crippen LogP contribution >= 0.6 is 0 Å². The highest BCUT2D eigenvalue weighted by Gasteiger charge is 2.10. The number of hydrogen-bond donors (Lipinski definition) is 1. The van der Waals surface area contributed by atoms with Crippen LogP contribution in [-0.2, 0) is 0 Å². The van der Waals surface area contributed by atoms with Crippen LogP contribution in [0.5, 0.6) is 0 Å². The third-order valence-electron chi connectivity index (χ3n) is 4.07. The van der Waals surface area contributed by atoms with Gasteiger partial charge in [-0.1, -0.05) is 18.2 Å². The van der Waals surface area contributed by atoms with Gasteiger partial charge in [-0.05, 0) is 36.8 Å². The van der Waals surface area contributed by atoms with E-state index in [0.29, 0.717) is 5.69 Å². The molecular weight excluding hydrogens is 331 g/mol. The van der Waals surface area contributed by atoms with Gasteiger partial charge in [0.25, 0.3) is 5.91 Å². The Labute approximate surface area is 149 Å². The number of aryl methyl sites for hydroxylation is 1. The summed E-state index contributed by atoms with van der Waals surface area (Å²) in [5, 5.41) is 2.71. The van der Waals surface area contributed by atoms with Gasteiger partial charge in [-0.2, -0.15) is 0 Å². The molecule has 4 rings (SSSR count). The number of fused-ring (bicyclic) bond motifs is 1. The van der Waals surface area contributed by atoms with Crippen LogP contribution in [0.3, 0.4) is 0 Å². The number of pyridine rings is 2. The minimum atomic E-state index is -0.498. The summed E-state index contributed by atoms with van der Waals surface area (Å²) in [7, 11) is 0. The van der Waals surface area contributed by atoms with Crippen LogP contribution in [0, 0.1) is 12.7 Å². The first kappa shape index (κ1) is 16.0. The lowest BCUT2D eigenvalue weighted by Gasteiger charge is -2.05. The van der Waals surface area contributed by atoms with Crippen LogP contribution in [0.25, 0.3) is 16.9 Å². The molecule has 0 aliphatic rings. The minimum absolute atomic E-state index is 0.0323. The van der Waals surface area contributed by atoms with Crippen molar-refractivity contribution in [1.29, 1.82) is 0 Å². The fourth-order valence-corrected chi connectivity index (χ4v) is 2.74. The number of aromatic nitrogens is 3. The number of hydrogen-bond acceptors (Lipinski definition) is 3. The van der Waals surface area contributed by atoms with E-state index in [1.54, 1.807) is 12.1 Å². The Kier molecular flexibility index (Phi) is 3.93. The number of halogens is 1. The van der Waals surface area contributed by atoms with E-state index < -0.39 is 11.7 Å². The Hall–Kier alpha value is -3.54. The number of rotatable bonds is 3. The molecule has 0 atom stereocenters. The van der Waals surface area contributed by atoms with E-state index in [-0.39, 0.29) is 5.69 Å². The molecule has 128 valence electrons. The second-order valence-electron chi connectivity index (χ2n) is 5.94. The number of anilines is 1. The first-order valence-corrected chi connectivity index (χ1v) is 8.08. The Balaban J connectivity index is 1.56. The number of amides is 1. The molecule has 0 saturated heterocycles. The van der Waals surface area contributed by atoms with Crippen molar-refractivity contribution in [1.82, 2.24) is 14.4 Å². The van der Waals surface area contributed by atoms with E-state index in [4.69, 9.17) is 0 Å². The van der Waals surface area contributed by atoms with Gasteiger partial charge < -0.3 is 9.72 Å². The maximum absolute atomic E-state index is 13.2. The van der Waals surface area contributed by atoms with Crippen LogP contribution in [-0.4, -0.2) is 20.3 Å². The van der Waals surface area contributed by atoms with Crippen molar-refractivity contribution in [3.8, 4) is 11.3 Å². The predicted octanol–water partition coefficient (Wildman–Crippen LogP) is 4.10. The standard InChI is InChI=1S/C20H15FN4O/c1-13-3-2-10-25-12-18(24-19(13)25)14-4-6-16(7-5-14)23-20(26)17-11-15(21)8-9-22-17/h2-12H,1H3,(H,23,26). The molecule has 0 aliphatic carbocycles. The molecule has 0 bridgehead atoms. The lowest BCUT2D eigenvalue weighted by Crippen LogP contribution is -2.13. The Bertz CT molecular complexity index is 1100. The monoisotopic (exact) mass is 346 g/mol. The second-order valence-corrected chi connectivity index (χ2v) is 5.94. The van der Waals surface area contributed by atoms with E-state index in [2.05, 4.69) is 15.3 Å². The van der Waals surface area contributed by atoms with Gasteiger partial charge in [0.1, 0.15) is 17.2 Å². The largest absolute Gasteiger partial charge is 0.321 e. The number of imidazole rings is 1. The third-order valence-corrected chi connectivity index (χ3v) is 4.07. The van der Waals surface area contributed by atoms with Gasteiger partial charge in [0.15, 0.2) is 0 Å². The molecule has 26 heavy (non-hydrogen) atoms. The summed E-state index contributed by atoms with van der Waals surface area (Å²) in [6.45, 7) is 2.02. The topological polar surface area (TPSA) is 59.3 Å². The van der Waals surface area contributed by atoms with E-state index in [1.165, 1.54) is 12.3 Å². The van der Waals surface area contributed by atoms with Crippen molar-refractivity contribution in [3.05, 3.63) is 84.2 Å². The molecule has 0 aliphatic heterocycles. The zero-order valence-corrected chi connectivity index (χ0v) is 14.0. The Morgan fingerprint density at radius 1 is 1.15 bits per heavy atom. The maximum Gasteiger partial charge on any atom is 0.274 e. The third kappa shape index (κ3) is 3.04. The highest BCUT2D eigenvalue weighted by molar-refractivity contribution is 6.02. The number of carbonyl (C=O) groups excluding carboxylic acids is 1. The number of nitrogens with zero attached hydrogens (tertiary/aromatic N) is 3. The van der Waals surface area contributed by atoms with Gasteiger partial charge in [0.2, 0.25) is 0 Å². The Morgan fingerprint density at radius 3 is 2.69 bits per heavy atom. The fraction of sp³-hybridized carbons (Fsp3) is 0.0500. The minimum Gasteiger partial charge on any atom is -0.321 e. The maximum atomic E-state index is 13.2. The van der Waals surface area contributed by atoms with Crippen LogP contribution < -0.4 is 5.32 Å². The van der Waals surface area contributed by atoms with Crippen molar-refractivity contribution >= 4 is 17.2 Å². The molecule has 6 heteroatoms. The molecule has 0 radical (unpaired) electrons. The van der Waals surface area contributed by atoms with Gasteiger partial charge in [0, 0.05) is 35.9 Å². The van der Waals surface area contributed by atoms with Gasteiger partial charge in [0.05, 0.1) is 5.69 Å². The van der Waals surface area contributed by atoms with Gasteiger partial charge >= 0.3 is 0 Å². The van der Waals surface area contributed by atoms with E-state index >= 15 is 0 Å². The normalized spacial score (nSPS) is 10.8. The van der Waals surface area contributed by atoms with Crippen LogP contribution in [0.4, 0.5) is 10.1 Å². The summed E-state index contributed by atoms with van der Waals surface area (Å²) in [6, 6.07) is 13.6. The van der Waals surface area contributed by atoms with Gasteiger partial charge in [-0.25, -0.2) is 9.37 Å². The van der Waals surface area contributed by atoms with Crippen LogP contribution in [0.15, 0.2) is 67.1 Å². The van der Waals surface area contributed by atoms with Crippen LogP contribution in [0.2, 0.25) is 0 Å². The van der Waals surface area contributed by atoms with Crippen molar-refractivity contribution in [2.45, 2.75) is 6.92 Å². The van der Waals surface area contributed by atoms with Crippen molar-refractivity contribution in [2.24, 2.45) is 0 Å². The van der Waals surface area contributed by atoms with Crippen molar-refractivity contribution < 1.29 is 9.18 Å². The number of carbonyl (C=O) groups is 1. The molecule has 0 saturated carbocycles. The number of benzene rings is 1. The summed E-state index contributed by atoms with van der Waals surface area (Å²) >= 11 is 0. The summed E-state index contributed by atoms with van der Waals surface area (Å²) in [4.78, 5) is 20.6. The quantitative estimate of drug-likeness (QED) is 0.608. The molecular formula is C20H15FN4O. The highest BCUT2D eigenvalue weighted by Crippen LogP contribution is 2.22. The summed E-state index contributed by atoms with van der Waals surface area (Å²) in [5.74, 6) is -0.955. The van der Waals surface area contributed by atoms with E-state index in [0.717, 1.165) is 28.5 Å². The fourth-order valence-electron chi connectivity index (χ4n) is 2.74. The first-order valence-electron chi connectivity index (χ1n) is 8.08. The van der Waals surface area contributed by atoms with Crippen molar-refractivity contribution in [3.63, 3.8) is 0 Å². The lowest BCUT2D eigenvalue weighted by atomic mass is 10.1.